The van der Waals surface area contributed by atoms with Crippen molar-refractivity contribution in [1.82, 2.24) is 9.88 Å². The fourth-order valence-electron chi connectivity index (χ4n) is 3.97. The number of halogens is 2. The van der Waals surface area contributed by atoms with Crippen LogP contribution in [0.1, 0.15) is 18.4 Å². The Bertz CT molecular complexity index is 799. The summed E-state index contributed by atoms with van der Waals surface area (Å²) in [6.07, 6.45) is 4.96. The smallest absolute Gasteiger partial charge is 0.227 e. The van der Waals surface area contributed by atoms with E-state index in [-0.39, 0.29) is 11.3 Å². The molecule has 1 spiro atoms. The van der Waals surface area contributed by atoms with E-state index in [1.165, 1.54) is 11.6 Å². The van der Waals surface area contributed by atoms with Crippen LogP contribution in [0, 0.1) is 17.0 Å². The van der Waals surface area contributed by atoms with E-state index < -0.39 is 11.6 Å². The number of nitrogens with zero attached hydrogens (tertiary/aromatic N) is 3. The van der Waals surface area contributed by atoms with E-state index in [9.17, 15) is 13.6 Å². The number of amides is 1. The number of benzene rings is 1. The SMILES string of the molecule is O=C1C[C@]2(CCN(Cc3ccncc3)C2)CN1c1ccc(F)c(F)c1. The van der Waals surface area contributed by atoms with Gasteiger partial charge in [0.05, 0.1) is 0 Å². The maximum Gasteiger partial charge on any atom is 0.227 e. The van der Waals surface area contributed by atoms with Crippen molar-refractivity contribution < 1.29 is 13.6 Å². The van der Waals surface area contributed by atoms with Gasteiger partial charge in [-0.25, -0.2) is 8.78 Å². The van der Waals surface area contributed by atoms with E-state index in [1.807, 2.05) is 12.1 Å². The van der Waals surface area contributed by atoms with Crippen molar-refractivity contribution in [2.75, 3.05) is 24.5 Å². The summed E-state index contributed by atoms with van der Waals surface area (Å²) in [7, 11) is 0. The molecule has 6 heteroatoms. The van der Waals surface area contributed by atoms with Gasteiger partial charge in [-0.1, -0.05) is 0 Å². The van der Waals surface area contributed by atoms with Crippen molar-refractivity contribution in [2.24, 2.45) is 5.41 Å². The molecule has 2 aliphatic heterocycles. The molecule has 1 aromatic carbocycles. The largest absolute Gasteiger partial charge is 0.312 e. The lowest BCUT2D eigenvalue weighted by Gasteiger charge is -2.24. The summed E-state index contributed by atoms with van der Waals surface area (Å²) in [6, 6.07) is 7.65. The van der Waals surface area contributed by atoms with Gasteiger partial charge in [-0.3, -0.25) is 14.7 Å². The van der Waals surface area contributed by atoms with Crippen LogP contribution in [0.25, 0.3) is 0 Å². The highest BCUT2D eigenvalue weighted by atomic mass is 19.2. The third-order valence-electron chi connectivity index (χ3n) is 5.21. The molecular weight excluding hydrogens is 324 g/mol. The van der Waals surface area contributed by atoms with Crippen molar-refractivity contribution in [3.63, 3.8) is 0 Å². The molecule has 3 heterocycles. The van der Waals surface area contributed by atoms with Crippen LogP contribution in [0.3, 0.4) is 0 Å². The first-order chi connectivity index (χ1) is 12.0. The van der Waals surface area contributed by atoms with Gasteiger partial charge in [-0.05, 0) is 42.8 Å². The molecular formula is C19H19F2N3O. The molecule has 0 radical (unpaired) electrons. The Morgan fingerprint density at radius 2 is 1.88 bits per heavy atom. The summed E-state index contributed by atoms with van der Waals surface area (Å²) < 4.78 is 26.7. The number of aromatic nitrogens is 1. The monoisotopic (exact) mass is 343 g/mol. The number of carbonyl (C=O) groups is 1. The predicted molar refractivity (Wildman–Crippen MR) is 89.9 cm³/mol. The first-order valence-electron chi connectivity index (χ1n) is 8.41. The van der Waals surface area contributed by atoms with Gasteiger partial charge in [0.2, 0.25) is 5.91 Å². The Kier molecular flexibility index (Phi) is 4.00. The number of likely N-dealkylation sites (tertiary alicyclic amines) is 1. The van der Waals surface area contributed by atoms with Gasteiger partial charge >= 0.3 is 0 Å². The van der Waals surface area contributed by atoms with Crippen LogP contribution in [-0.2, 0) is 11.3 Å². The zero-order valence-electron chi connectivity index (χ0n) is 13.8. The summed E-state index contributed by atoms with van der Waals surface area (Å²) in [6.45, 7) is 3.16. The van der Waals surface area contributed by atoms with E-state index in [2.05, 4.69) is 9.88 Å². The van der Waals surface area contributed by atoms with Gasteiger partial charge in [0.25, 0.3) is 0 Å². The molecule has 4 rings (SSSR count). The fraction of sp³-hybridized carbons (Fsp3) is 0.368. The molecule has 0 unspecified atom stereocenters. The zero-order chi connectivity index (χ0) is 17.4. The standard InChI is InChI=1S/C19H19F2N3O/c20-16-2-1-15(9-17(16)21)24-13-19(10-18(24)25)5-8-23(12-19)11-14-3-6-22-7-4-14/h1-4,6-7,9H,5,8,10-13H2/t19-/m0/s1. The number of carbonyl (C=O) groups excluding carboxylic acids is 1. The van der Waals surface area contributed by atoms with E-state index in [1.54, 1.807) is 17.3 Å². The lowest BCUT2D eigenvalue weighted by atomic mass is 9.86. The molecule has 0 aliphatic carbocycles. The minimum Gasteiger partial charge on any atom is -0.312 e. The van der Waals surface area contributed by atoms with Gasteiger partial charge in [0.15, 0.2) is 11.6 Å². The van der Waals surface area contributed by atoms with Gasteiger partial charge in [0, 0.05) is 55.6 Å². The normalized spacial score (nSPS) is 23.8. The molecule has 1 amide bonds. The number of anilines is 1. The van der Waals surface area contributed by atoms with Crippen molar-refractivity contribution >= 4 is 11.6 Å². The molecule has 130 valence electrons. The van der Waals surface area contributed by atoms with Crippen LogP contribution in [0.15, 0.2) is 42.7 Å². The second-order valence-corrected chi connectivity index (χ2v) is 7.07. The molecule has 1 atom stereocenters. The minimum atomic E-state index is -0.919. The molecule has 1 aromatic heterocycles. The maximum atomic E-state index is 13.5. The molecule has 2 saturated heterocycles. The Labute approximate surface area is 145 Å². The molecule has 4 nitrogen and oxygen atoms in total. The van der Waals surface area contributed by atoms with E-state index in [4.69, 9.17) is 0 Å². The van der Waals surface area contributed by atoms with Crippen LogP contribution in [0.4, 0.5) is 14.5 Å². The first kappa shape index (κ1) is 16.1. The third-order valence-corrected chi connectivity index (χ3v) is 5.21. The molecule has 0 bridgehead atoms. The van der Waals surface area contributed by atoms with Crippen LogP contribution in [0.5, 0.6) is 0 Å². The Balaban J connectivity index is 1.47. The quantitative estimate of drug-likeness (QED) is 0.860. The van der Waals surface area contributed by atoms with Gasteiger partial charge in [-0.2, -0.15) is 0 Å². The number of hydrogen-bond acceptors (Lipinski definition) is 3. The van der Waals surface area contributed by atoms with Crippen molar-refractivity contribution in [2.45, 2.75) is 19.4 Å². The summed E-state index contributed by atoms with van der Waals surface area (Å²) >= 11 is 0. The van der Waals surface area contributed by atoms with E-state index >= 15 is 0 Å². The van der Waals surface area contributed by atoms with Crippen LogP contribution in [-0.4, -0.2) is 35.4 Å². The molecule has 0 N–H and O–H groups in total. The maximum absolute atomic E-state index is 13.5. The van der Waals surface area contributed by atoms with E-state index in [0.29, 0.717) is 18.7 Å². The second kappa shape index (κ2) is 6.19. The predicted octanol–water partition coefficient (Wildman–Crippen LogP) is 2.99. The Hall–Kier alpha value is -2.34. The van der Waals surface area contributed by atoms with Crippen LogP contribution >= 0.6 is 0 Å². The lowest BCUT2D eigenvalue weighted by Crippen LogP contribution is -2.31. The summed E-state index contributed by atoms with van der Waals surface area (Å²) in [5.74, 6) is -1.83. The summed E-state index contributed by atoms with van der Waals surface area (Å²) in [4.78, 5) is 20.5. The van der Waals surface area contributed by atoms with Crippen molar-refractivity contribution in [3.05, 3.63) is 59.9 Å². The molecule has 2 aromatic rings. The Morgan fingerprint density at radius 1 is 1.08 bits per heavy atom. The van der Waals surface area contributed by atoms with Gasteiger partial charge in [-0.15, -0.1) is 0 Å². The second-order valence-electron chi connectivity index (χ2n) is 7.07. The molecule has 2 aliphatic rings. The molecule has 2 fully saturated rings. The molecule has 0 saturated carbocycles. The lowest BCUT2D eigenvalue weighted by molar-refractivity contribution is -0.117. The van der Waals surface area contributed by atoms with Crippen molar-refractivity contribution in [1.29, 1.82) is 0 Å². The fourth-order valence-corrected chi connectivity index (χ4v) is 3.97. The summed E-state index contributed by atoms with van der Waals surface area (Å²) in [5, 5.41) is 0. The minimum absolute atomic E-state index is 0.0169. The number of pyridine rings is 1. The van der Waals surface area contributed by atoms with Crippen LogP contribution in [0.2, 0.25) is 0 Å². The van der Waals surface area contributed by atoms with Crippen LogP contribution < -0.4 is 4.90 Å². The van der Waals surface area contributed by atoms with Gasteiger partial charge in [0.1, 0.15) is 0 Å². The average Bonchev–Trinajstić information content (AvgIpc) is 3.14. The third kappa shape index (κ3) is 3.14. The van der Waals surface area contributed by atoms with Gasteiger partial charge < -0.3 is 4.90 Å². The first-order valence-corrected chi connectivity index (χ1v) is 8.41. The Morgan fingerprint density at radius 3 is 2.64 bits per heavy atom. The van der Waals surface area contributed by atoms with E-state index in [0.717, 1.165) is 38.2 Å². The zero-order valence-corrected chi connectivity index (χ0v) is 13.8. The highest BCUT2D eigenvalue weighted by Gasteiger charge is 2.47. The number of rotatable bonds is 3. The topological polar surface area (TPSA) is 36.4 Å². The number of hydrogen-bond donors (Lipinski definition) is 0. The highest BCUT2D eigenvalue weighted by Crippen LogP contribution is 2.42. The summed E-state index contributed by atoms with van der Waals surface area (Å²) in [5.41, 5.74) is 1.54. The van der Waals surface area contributed by atoms with Crippen molar-refractivity contribution in [3.8, 4) is 0 Å². The average molecular weight is 343 g/mol. The molecule has 25 heavy (non-hydrogen) atoms. The highest BCUT2D eigenvalue weighted by molar-refractivity contribution is 5.96.